The largest absolute Gasteiger partial charge is 0.379 e. The molecule has 0 radical (unpaired) electrons. The van der Waals surface area contributed by atoms with Crippen molar-refractivity contribution in [3.63, 3.8) is 0 Å². The highest BCUT2D eigenvalue weighted by molar-refractivity contribution is 5.89. The van der Waals surface area contributed by atoms with E-state index in [-0.39, 0.29) is 17.7 Å². The van der Waals surface area contributed by atoms with Gasteiger partial charge in [0, 0.05) is 45.3 Å². The van der Waals surface area contributed by atoms with Crippen molar-refractivity contribution in [2.45, 2.75) is 19.9 Å². The van der Waals surface area contributed by atoms with E-state index in [0.29, 0.717) is 26.1 Å². The van der Waals surface area contributed by atoms with Crippen LogP contribution in [0.4, 0.5) is 0 Å². The van der Waals surface area contributed by atoms with Crippen LogP contribution >= 0.6 is 0 Å². The molecule has 0 saturated carbocycles. The highest BCUT2D eigenvalue weighted by Gasteiger charge is 2.34. The van der Waals surface area contributed by atoms with Crippen LogP contribution in [0.1, 0.15) is 17.7 Å². The average Bonchev–Trinajstić information content (AvgIpc) is 3.01. The van der Waals surface area contributed by atoms with Crippen LogP contribution in [0.25, 0.3) is 0 Å². The lowest BCUT2D eigenvalue weighted by Crippen LogP contribution is -2.42. The monoisotopic (exact) mass is 346 g/mol. The lowest BCUT2D eigenvalue weighted by molar-refractivity contribution is -0.129. The third-order valence-corrected chi connectivity index (χ3v) is 4.92. The van der Waals surface area contributed by atoms with Crippen molar-refractivity contribution in [1.29, 1.82) is 0 Å². The van der Waals surface area contributed by atoms with E-state index in [4.69, 9.17) is 4.74 Å². The molecule has 1 unspecified atom stereocenters. The van der Waals surface area contributed by atoms with E-state index < -0.39 is 0 Å². The Hall–Kier alpha value is -1.99. The summed E-state index contributed by atoms with van der Waals surface area (Å²) in [5.41, 5.74) is 1.92. The van der Waals surface area contributed by atoms with Gasteiger partial charge in [0.2, 0.25) is 11.8 Å². The van der Waals surface area contributed by atoms with E-state index in [9.17, 15) is 9.59 Å². The van der Waals surface area contributed by atoms with Crippen LogP contribution in [0.3, 0.4) is 0 Å². The molecule has 1 atom stereocenters. The summed E-state index contributed by atoms with van der Waals surface area (Å²) in [6.07, 6.45) is 2.02. The first-order valence-electron chi connectivity index (χ1n) is 8.89. The molecule has 0 spiro atoms. The number of rotatable bonds is 6. The smallest absolute Gasteiger partial charge is 0.225 e. The van der Waals surface area contributed by atoms with Gasteiger partial charge in [-0.2, -0.15) is 0 Å². The van der Waals surface area contributed by atoms with Crippen LogP contribution in [-0.2, 0) is 20.9 Å². The summed E-state index contributed by atoms with van der Waals surface area (Å²) in [7, 11) is 0. The van der Waals surface area contributed by atoms with E-state index in [1.165, 1.54) is 0 Å². The molecule has 0 aliphatic carbocycles. The third-order valence-electron chi connectivity index (χ3n) is 4.92. The number of amides is 2. The Bertz CT molecular complexity index is 616. The van der Waals surface area contributed by atoms with Crippen molar-refractivity contribution < 1.29 is 14.3 Å². The van der Waals surface area contributed by atoms with Gasteiger partial charge >= 0.3 is 0 Å². The van der Waals surface area contributed by atoms with Crippen LogP contribution in [0, 0.1) is 12.8 Å². The van der Waals surface area contributed by atoms with Crippen LogP contribution < -0.4 is 5.32 Å². The average molecular weight is 346 g/mol. The van der Waals surface area contributed by atoms with Gasteiger partial charge in [-0.25, -0.2) is 0 Å². The topological polar surface area (TPSA) is 74.8 Å². The number of nitrogens with one attached hydrogen (secondary N) is 1. The van der Waals surface area contributed by atoms with E-state index in [1.807, 2.05) is 24.0 Å². The van der Waals surface area contributed by atoms with Crippen molar-refractivity contribution >= 4 is 11.8 Å². The second kappa shape index (κ2) is 8.40. The molecule has 25 heavy (non-hydrogen) atoms. The first kappa shape index (κ1) is 17.8. The summed E-state index contributed by atoms with van der Waals surface area (Å²) in [5.74, 6) is -0.254. The van der Waals surface area contributed by atoms with Crippen LogP contribution in [0.2, 0.25) is 0 Å². The molecule has 2 aliphatic heterocycles. The zero-order valence-electron chi connectivity index (χ0n) is 14.7. The molecule has 7 nitrogen and oxygen atoms in total. The molecular weight excluding hydrogens is 320 g/mol. The van der Waals surface area contributed by atoms with Crippen molar-refractivity contribution in [2.24, 2.45) is 5.92 Å². The Kier molecular flexibility index (Phi) is 5.99. The van der Waals surface area contributed by atoms with Gasteiger partial charge in [-0.3, -0.25) is 19.5 Å². The molecular formula is C18H26N4O3. The number of carbonyl (C=O) groups is 2. The Morgan fingerprint density at radius 3 is 2.92 bits per heavy atom. The minimum absolute atomic E-state index is 0.0627. The van der Waals surface area contributed by atoms with Gasteiger partial charge in [0.15, 0.2) is 0 Å². The van der Waals surface area contributed by atoms with Crippen molar-refractivity contribution in [3.05, 3.63) is 29.6 Å². The summed E-state index contributed by atoms with van der Waals surface area (Å²) < 4.78 is 5.33. The number of nitrogens with zero attached hydrogens (tertiary/aromatic N) is 3. The van der Waals surface area contributed by atoms with Crippen LogP contribution in [0.5, 0.6) is 0 Å². The molecule has 7 heteroatoms. The van der Waals surface area contributed by atoms with Gasteiger partial charge in [-0.1, -0.05) is 6.07 Å². The molecule has 2 amide bonds. The number of aryl methyl sites for hydroxylation is 1. The maximum atomic E-state index is 12.4. The van der Waals surface area contributed by atoms with Crippen LogP contribution in [-0.4, -0.2) is 72.5 Å². The Balaban J connectivity index is 1.44. The van der Waals surface area contributed by atoms with E-state index in [1.54, 1.807) is 6.20 Å². The lowest BCUT2D eigenvalue weighted by Gasteiger charge is -2.28. The quantitative estimate of drug-likeness (QED) is 0.796. The predicted molar refractivity (Wildman–Crippen MR) is 92.8 cm³/mol. The summed E-state index contributed by atoms with van der Waals surface area (Å²) >= 11 is 0. The number of hydrogen-bond acceptors (Lipinski definition) is 5. The number of hydrogen-bond donors (Lipinski definition) is 1. The van der Waals surface area contributed by atoms with E-state index >= 15 is 0 Å². The van der Waals surface area contributed by atoms with Crippen molar-refractivity contribution in [1.82, 2.24) is 20.1 Å². The molecule has 0 aromatic carbocycles. The Morgan fingerprint density at radius 1 is 1.36 bits per heavy atom. The molecule has 1 N–H and O–H groups in total. The molecule has 0 bridgehead atoms. The fraction of sp³-hybridized carbons (Fsp3) is 0.611. The minimum atomic E-state index is -0.263. The zero-order valence-corrected chi connectivity index (χ0v) is 14.7. The number of carbonyl (C=O) groups excluding carboxylic acids is 2. The molecule has 3 heterocycles. The summed E-state index contributed by atoms with van der Waals surface area (Å²) in [6, 6.07) is 3.85. The molecule has 2 saturated heterocycles. The highest BCUT2D eigenvalue weighted by atomic mass is 16.5. The lowest BCUT2D eigenvalue weighted by atomic mass is 10.1. The fourth-order valence-corrected chi connectivity index (χ4v) is 3.27. The maximum absolute atomic E-state index is 12.4. The maximum Gasteiger partial charge on any atom is 0.225 e. The van der Waals surface area contributed by atoms with E-state index in [2.05, 4.69) is 15.2 Å². The van der Waals surface area contributed by atoms with Gasteiger partial charge in [0.1, 0.15) is 0 Å². The van der Waals surface area contributed by atoms with Gasteiger partial charge in [-0.05, 0) is 18.6 Å². The Morgan fingerprint density at radius 2 is 2.16 bits per heavy atom. The van der Waals surface area contributed by atoms with Gasteiger partial charge in [0.05, 0.1) is 31.4 Å². The first-order valence-corrected chi connectivity index (χ1v) is 8.89. The number of aromatic nitrogens is 1. The van der Waals surface area contributed by atoms with Gasteiger partial charge in [-0.15, -0.1) is 0 Å². The number of likely N-dealkylation sites (tertiary alicyclic amines) is 1. The zero-order chi connectivity index (χ0) is 17.6. The normalized spacial score (nSPS) is 21.6. The SMILES string of the molecule is Cc1cccnc1CNC(=O)C1CC(=O)N(CCN2CCOCC2)C1. The first-order chi connectivity index (χ1) is 12.1. The third kappa shape index (κ3) is 4.76. The summed E-state index contributed by atoms with van der Waals surface area (Å²) in [4.78, 5) is 33.0. The number of pyridine rings is 1. The number of morpholine rings is 1. The van der Waals surface area contributed by atoms with Crippen LogP contribution in [0.15, 0.2) is 18.3 Å². The summed E-state index contributed by atoms with van der Waals surface area (Å²) in [5, 5.41) is 2.92. The standard InChI is InChI=1S/C18H26N4O3/c1-14-3-2-4-19-16(14)12-20-18(24)15-11-17(23)22(13-15)6-5-21-7-9-25-10-8-21/h2-4,15H,5-13H2,1H3,(H,20,24). The van der Waals surface area contributed by atoms with Crippen molar-refractivity contribution in [2.75, 3.05) is 45.9 Å². The van der Waals surface area contributed by atoms with Crippen molar-refractivity contribution in [3.8, 4) is 0 Å². The fourth-order valence-electron chi connectivity index (χ4n) is 3.27. The van der Waals surface area contributed by atoms with Gasteiger partial charge < -0.3 is 15.0 Å². The molecule has 1 aromatic rings. The molecule has 2 aliphatic rings. The van der Waals surface area contributed by atoms with Gasteiger partial charge in [0.25, 0.3) is 0 Å². The highest BCUT2D eigenvalue weighted by Crippen LogP contribution is 2.18. The predicted octanol–water partition coefficient (Wildman–Crippen LogP) is 0.187. The number of ether oxygens (including phenoxy) is 1. The van der Waals surface area contributed by atoms with E-state index in [0.717, 1.165) is 44.1 Å². The molecule has 1 aromatic heterocycles. The molecule has 136 valence electrons. The Labute approximate surface area is 148 Å². The minimum Gasteiger partial charge on any atom is -0.379 e. The molecule has 2 fully saturated rings. The summed E-state index contributed by atoms with van der Waals surface area (Å²) in [6.45, 7) is 7.75. The second-order valence-electron chi connectivity index (χ2n) is 6.68. The molecule has 3 rings (SSSR count). The second-order valence-corrected chi connectivity index (χ2v) is 6.68.